The third-order valence-corrected chi connectivity index (χ3v) is 11.8. The minimum Gasteiger partial charge on any atom is -0.497 e. The van der Waals surface area contributed by atoms with Crippen LogP contribution >= 0.6 is 0 Å². The Morgan fingerprint density at radius 1 is 0.960 bits per heavy atom. The number of ether oxygens (including phenoxy) is 2. The molecule has 1 amide bonds. The van der Waals surface area contributed by atoms with Gasteiger partial charge in [-0.25, -0.2) is 17.7 Å². The first-order valence-electron chi connectivity index (χ1n) is 16.7. The lowest BCUT2D eigenvalue weighted by atomic mass is 9.79. The molecule has 50 heavy (non-hydrogen) atoms. The lowest BCUT2D eigenvalue weighted by Crippen LogP contribution is -2.54. The van der Waals surface area contributed by atoms with E-state index in [-0.39, 0.29) is 10.6 Å². The molecule has 1 aromatic heterocycles. The predicted molar refractivity (Wildman–Crippen MR) is 185 cm³/mol. The fourth-order valence-electron chi connectivity index (χ4n) is 7.70. The number of oxazole rings is 1. The molecule has 0 N–H and O–H groups in total. The zero-order valence-electron chi connectivity index (χ0n) is 28.4. The maximum absolute atomic E-state index is 15.7. The largest absolute Gasteiger partial charge is 0.497 e. The SMILES string of the molecule is COc1ccc(S(=O)(=O)N2C(=O)C(c3cc(CN4CCCN(C)CC4)ccc3OC)(N3CCCC3c3ncco3)c3cc(C#N)ccc32)cc1. The third kappa shape index (κ3) is 5.62. The molecule has 2 unspecified atom stereocenters. The number of anilines is 1. The lowest BCUT2D eigenvalue weighted by Gasteiger charge is -2.41. The number of carbonyl (C=O) groups is 1. The molecule has 4 aromatic rings. The average Bonchev–Trinajstić information content (AvgIpc) is 3.86. The molecular weight excluding hydrogens is 657 g/mol. The Bertz CT molecular complexity index is 2030. The topological polar surface area (TPSA) is 132 Å². The smallest absolute Gasteiger partial charge is 0.271 e. The Morgan fingerprint density at radius 2 is 1.78 bits per heavy atom. The highest BCUT2D eigenvalue weighted by Gasteiger charge is 2.63. The van der Waals surface area contributed by atoms with Gasteiger partial charge in [0.15, 0.2) is 5.54 Å². The van der Waals surface area contributed by atoms with Gasteiger partial charge in [-0.15, -0.1) is 0 Å². The Labute approximate surface area is 292 Å². The van der Waals surface area contributed by atoms with Crippen LogP contribution in [0.3, 0.4) is 0 Å². The van der Waals surface area contributed by atoms with E-state index in [4.69, 9.17) is 13.9 Å². The molecular formula is C37H40N6O6S. The van der Waals surface area contributed by atoms with Gasteiger partial charge in [0.05, 0.1) is 48.7 Å². The standard InChI is InChI=1S/C37H40N6O6S/c1-40-16-5-17-41(20-19-40)25-27-8-14-34(48-3)31(23-27)37(42-18-4-6-33(42)35-39-15-21-49-35)30-22-26(24-38)7-13-32(30)43(36(37)44)50(45,46)29-11-9-28(47-2)10-12-29/h7-15,21-23,33H,4-6,16-20,25H2,1-3H3. The number of hydrogen-bond donors (Lipinski definition) is 0. The van der Waals surface area contributed by atoms with E-state index in [2.05, 4.69) is 27.9 Å². The van der Waals surface area contributed by atoms with Crippen LogP contribution in [0.15, 0.2) is 82.4 Å². The van der Waals surface area contributed by atoms with Gasteiger partial charge in [0.25, 0.3) is 15.9 Å². The first-order chi connectivity index (χ1) is 24.2. The second-order valence-electron chi connectivity index (χ2n) is 13.0. The Hall–Kier alpha value is -4.74. The quantitative estimate of drug-likeness (QED) is 0.245. The van der Waals surface area contributed by atoms with Crippen LogP contribution in [0.25, 0.3) is 0 Å². The van der Waals surface area contributed by atoms with Crippen LogP contribution in [0, 0.1) is 11.3 Å². The Kier molecular flexibility index (Phi) is 9.13. The van der Waals surface area contributed by atoms with Crippen molar-refractivity contribution in [3.05, 3.63) is 101 Å². The molecule has 2 atom stereocenters. The normalized spacial score (nSPS) is 21.9. The van der Waals surface area contributed by atoms with Crippen LogP contribution in [0.5, 0.6) is 11.5 Å². The van der Waals surface area contributed by atoms with Gasteiger partial charge >= 0.3 is 0 Å². The zero-order chi connectivity index (χ0) is 35.0. The second kappa shape index (κ2) is 13.5. The average molecular weight is 697 g/mol. The van der Waals surface area contributed by atoms with Crippen LogP contribution in [0.4, 0.5) is 5.69 Å². The minimum absolute atomic E-state index is 0.0738. The van der Waals surface area contributed by atoms with Crippen LogP contribution < -0.4 is 13.8 Å². The highest BCUT2D eigenvalue weighted by Crippen LogP contribution is 2.56. The van der Waals surface area contributed by atoms with Crippen LogP contribution in [0.2, 0.25) is 0 Å². The molecule has 4 heterocycles. The Balaban J connectivity index is 1.47. The maximum atomic E-state index is 15.7. The summed E-state index contributed by atoms with van der Waals surface area (Å²) in [5.41, 5.74) is 0.572. The van der Waals surface area contributed by atoms with Crippen molar-refractivity contribution in [1.82, 2.24) is 19.7 Å². The van der Waals surface area contributed by atoms with Crippen LogP contribution in [-0.2, 0) is 26.9 Å². The first kappa shape index (κ1) is 33.7. The van der Waals surface area contributed by atoms with Gasteiger partial charge in [0, 0.05) is 37.3 Å². The number of fused-ring (bicyclic) bond motifs is 1. The molecule has 7 rings (SSSR count). The maximum Gasteiger partial charge on any atom is 0.271 e. The molecule has 0 spiro atoms. The van der Waals surface area contributed by atoms with Crippen molar-refractivity contribution in [3.63, 3.8) is 0 Å². The van der Waals surface area contributed by atoms with Crippen molar-refractivity contribution in [2.24, 2.45) is 0 Å². The molecule has 0 aliphatic carbocycles. The van der Waals surface area contributed by atoms with E-state index in [0.29, 0.717) is 60.0 Å². The molecule has 3 aliphatic rings. The number of hydrogen-bond acceptors (Lipinski definition) is 11. The van der Waals surface area contributed by atoms with Gasteiger partial charge in [0.1, 0.15) is 17.8 Å². The van der Waals surface area contributed by atoms with E-state index >= 15 is 4.79 Å². The number of rotatable bonds is 9. The summed E-state index contributed by atoms with van der Waals surface area (Å²) >= 11 is 0. The van der Waals surface area contributed by atoms with E-state index in [1.54, 1.807) is 37.6 Å². The van der Waals surface area contributed by atoms with Crippen molar-refractivity contribution in [1.29, 1.82) is 5.26 Å². The van der Waals surface area contributed by atoms with Crippen molar-refractivity contribution in [2.45, 2.75) is 42.3 Å². The summed E-state index contributed by atoms with van der Waals surface area (Å²) < 4.78 is 47.3. The number of methoxy groups -OCH3 is 2. The monoisotopic (exact) mass is 696 g/mol. The summed E-state index contributed by atoms with van der Waals surface area (Å²) in [6, 6.07) is 18.2. The molecule has 2 fully saturated rings. The number of nitrogens with zero attached hydrogens (tertiary/aromatic N) is 6. The number of amides is 1. The summed E-state index contributed by atoms with van der Waals surface area (Å²) in [6.07, 6.45) is 5.42. The van der Waals surface area contributed by atoms with E-state index in [1.807, 2.05) is 23.1 Å². The van der Waals surface area contributed by atoms with E-state index in [9.17, 15) is 13.7 Å². The van der Waals surface area contributed by atoms with Gasteiger partial charge in [-0.3, -0.25) is 14.6 Å². The van der Waals surface area contributed by atoms with Crippen molar-refractivity contribution < 1.29 is 27.1 Å². The van der Waals surface area contributed by atoms with Gasteiger partial charge in [-0.05, 0) is 99.6 Å². The van der Waals surface area contributed by atoms with Crippen LogP contribution in [0.1, 0.15) is 53.4 Å². The van der Waals surface area contributed by atoms with Crippen molar-refractivity contribution >= 4 is 21.6 Å². The second-order valence-corrected chi connectivity index (χ2v) is 14.8. The van der Waals surface area contributed by atoms with Gasteiger partial charge in [-0.1, -0.05) is 6.07 Å². The number of likely N-dealkylation sites (N-methyl/N-ethyl adjacent to an activating group) is 1. The Morgan fingerprint density at radius 3 is 2.50 bits per heavy atom. The summed E-state index contributed by atoms with van der Waals surface area (Å²) in [4.78, 5) is 26.8. The predicted octanol–water partition coefficient (Wildman–Crippen LogP) is 4.52. The molecule has 0 radical (unpaired) electrons. The summed E-state index contributed by atoms with van der Waals surface area (Å²) in [5.74, 6) is 0.637. The molecule has 260 valence electrons. The molecule has 0 bridgehead atoms. The molecule has 2 saturated heterocycles. The highest BCUT2D eigenvalue weighted by molar-refractivity contribution is 7.93. The van der Waals surface area contributed by atoms with Crippen molar-refractivity contribution in [2.75, 3.05) is 58.3 Å². The van der Waals surface area contributed by atoms with E-state index in [0.717, 1.165) is 42.5 Å². The van der Waals surface area contributed by atoms with Crippen molar-refractivity contribution in [3.8, 4) is 17.6 Å². The van der Waals surface area contributed by atoms with Gasteiger partial charge in [-0.2, -0.15) is 5.26 Å². The lowest BCUT2D eigenvalue weighted by molar-refractivity contribution is -0.127. The first-order valence-corrected chi connectivity index (χ1v) is 18.2. The summed E-state index contributed by atoms with van der Waals surface area (Å²) in [6.45, 7) is 4.85. The molecule has 3 aliphatic heterocycles. The number of benzene rings is 3. The summed E-state index contributed by atoms with van der Waals surface area (Å²) in [7, 11) is 0.711. The number of likely N-dealkylation sites (tertiary alicyclic amines) is 1. The fraction of sp³-hybridized carbons (Fsp3) is 0.378. The molecule has 12 nitrogen and oxygen atoms in total. The number of carbonyl (C=O) groups excluding carboxylic acids is 1. The number of aromatic nitrogens is 1. The molecule has 0 saturated carbocycles. The molecule has 13 heteroatoms. The number of nitriles is 1. The van der Waals surface area contributed by atoms with E-state index < -0.39 is 27.5 Å². The van der Waals surface area contributed by atoms with Crippen LogP contribution in [-0.4, -0.2) is 88.0 Å². The van der Waals surface area contributed by atoms with E-state index in [1.165, 1.54) is 31.6 Å². The zero-order valence-corrected chi connectivity index (χ0v) is 29.2. The third-order valence-electron chi connectivity index (χ3n) is 10.1. The van der Waals surface area contributed by atoms with Gasteiger partial charge in [0.2, 0.25) is 5.89 Å². The summed E-state index contributed by atoms with van der Waals surface area (Å²) in [5, 5.41) is 10.1. The number of sulfonamides is 1. The van der Waals surface area contributed by atoms with Gasteiger partial charge < -0.3 is 18.8 Å². The minimum atomic E-state index is -4.46. The fourth-order valence-corrected chi connectivity index (χ4v) is 9.16. The highest BCUT2D eigenvalue weighted by atomic mass is 32.2. The molecule has 3 aromatic carbocycles.